The van der Waals surface area contributed by atoms with Crippen LogP contribution < -0.4 is 10.1 Å². The average molecular weight is 237 g/mol. The number of carbonyl (C=O) groups excluding carboxylic acids is 1. The standard InChI is InChI=1S/C12H15NO2S/c1-15-11-5-3-2-4-9(11)12-10(8-14)13-6-7-16-12/h2-5,8,10,12-13H,6-7H2,1H3. The molecule has 1 aromatic carbocycles. The summed E-state index contributed by atoms with van der Waals surface area (Å²) in [5.41, 5.74) is 1.10. The number of methoxy groups -OCH3 is 1. The highest BCUT2D eigenvalue weighted by Crippen LogP contribution is 2.38. The van der Waals surface area contributed by atoms with Gasteiger partial charge in [-0.2, -0.15) is 11.8 Å². The van der Waals surface area contributed by atoms with Gasteiger partial charge in [0.15, 0.2) is 0 Å². The van der Waals surface area contributed by atoms with E-state index in [9.17, 15) is 4.79 Å². The number of aldehydes is 1. The highest BCUT2D eigenvalue weighted by Gasteiger charge is 2.28. The molecule has 0 spiro atoms. The van der Waals surface area contributed by atoms with Crippen LogP contribution in [0.4, 0.5) is 0 Å². The minimum absolute atomic E-state index is 0.116. The molecule has 0 saturated carbocycles. The zero-order valence-electron chi connectivity index (χ0n) is 9.18. The number of carbonyl (C=O) groups is 1. The van der Waals surface area contributed by atoms with Gasteiger partial charge in [-0.15, -0.1) is 0 Å². The maximum atomic E-state index is 11.0. The summed E-state index contributed by atoms with van der Waals surface area (Å²) >= 11 is 1.80. The zero-order valence-corrected chi connectivity index (χ0v) is 10.00. The molecule has 1 aliphatic heterocycles. The molecule has 0 aliphatic carbocycles. The molecule has 86 valence electrons. The molecular formula is C12H15NO2S. The monoisotopic (exact) mass is 237 g/mol. The first-order valence-corrected chi connectivity index (χ1v) is 6.35. The van der Waals surface area contributed by atoms with Gasteiger partial charge in [0.05, 0.1) is 18.4 Å². The molecule has 16 heavy (non-hydrogen) atoms. The Bertz CT molecular complexity index is 370. The number of nitrogens with one attached hydrogen (secondary N) is 1. The summed E-state index contributed by atoms with van der Waals surface area (Å²) in [6.07, 6.45) is 0.989. The van der Waals surface area contributed by atoms with Crippen molar-refractivity contribution in [3.8, 4) is 5.75 Å². The normalized spacial score (nSPS) is 25.1. The van der Waals surface area contributed by atoms with Crippen LogP contribution in [0.1, 0.15) is 10.8 Å². The lowest BCUT2D eigenvalue weighted by molar-refractivity contribution is -0.109. The molecule has 2 atom stereocenters. The van der Waals surface area contributed by atoms with Gasteiger partial charge in [0.1, 0.15) is 12.0 Å². The topological polar surface area (TPSA) is 38.3 Å². The molecule has 2 unspecified atom stereocenters. The molecule has 3 nitrogen and oxygen atoms in total. The van der Waals surface area contributed by atoms with Gasteiger partial charge in [0, 0.05) is 17.9 Å². The molecule has 1 aliphatic rings. The van der Waals surface area contributed by atoms with Crippen LogP contribution in [0, 0.1) is 0 Å². The van der Waals surface area contributed by atoms with E-state index in [0.29, 0.717) is 0 Å². The van der Waals surface area contributed by atoms with Crippen LogP contribution >= 0.6 is 11.8 Å². The maximum absolute atomic E-state index is 11.0. The highest BCUT2D eigenvalue weighted by molar-refractivity contribution is 7.99. The molecule has 2 rings (SSSR count). The summed E-state index contributed by atoms with van der Waals surface area (Å²) in [7, 11) is 1.66. The van der Waals surface area contributed by atoms with Crippen molar-refractivity contribution in [2.24, 2.45) is 0 Å². The van der Waals surface area contributed by atoms with E-state index in [1.165, 1.54) is 0 Å². The zero-order chi connectivity index (χ0) is 11.4. The molecule has 0 radical (unpaired) electrons. The van der Waals surface area contributed by atoms with Crippen molar-refractivity contribution in [3.05, 3.63) is 29.8 Å². The molecule has 1 saturated heterocycles. The molecule has 0 bridgehead atoms. The lowest BCUT2D eigenvalue weighted by atomic mass is 10.0. The second-order valence-corrected chi connectivity index (χ2v) is 4.90. The van der Waals surface area contributed by atoms with Crippen LogP contribution in [0.25, 0.3) is 0 Å². The van der Waals surface area contributed by atoms with Crippen molar-refractivity contribution in [1.82, 2.24) is 5.32 Å². The fourth-order valence-electron chi connectivity index (χ4n) is 1.93. The van der Waals surface area contributed by atoms with Gasteiger partial charge < -0.3 is 14.8 Å². The predicted molar refractivity (Wildman–Crippen MR) is 66.0 cm³/mol. The molecule has 1 aromatic rings. The minimum Gasteiger partial charge on any atom is -0.496 e. The van der Waals surface area contributed by atoms with E-state index in [1.807, 2.05) is 24.3 Å². The van der Waals surface area contributed by atoms with E-state index in [2.05, 4.69) is 5.32 Å². The van der Waals surface area contributed by atoms with Crippen LogP contribution in [0.2, 0.25) is 0 Å². The third-order valence-corrected chi connectivity index (χ3v) is 4.04. The number of thioether (sulfide) groups is 1. The third kappa shape index (κ3) is 2.23. The smallest absolute Gasteiger partial charge is 0.138 e. The highest BCUT2D eigenvalue weighted by atomic mass is 32.2. The maximum Gasteiger partial charge on any atom is 0.138 e. The molecule has 0 aromatic heterocycles. The lowest BCUT2D eigenvalue weighted by Crippen LogP contribution is -2.40. The summed E-state index contributed by atoms with van der Waals surface area (Å²) in [6.45, 7) is 0.889. The summed E-state index contributed by atoms with van der Waals surface area (Å²) in [6, 6.07) is 7.77. The Balaban J connectivity index is 2.30. The Morgan fingerprint density at radius 3 is 3.06 bits per heavy atom. The van der Waals surface area contributed by atoms with Gasteiger partial charge in [-0.25, -0.2) is 0 Å². The van der Waals surface area contributed by atoms with Crippen LogP contribution in [-0.2, 0) is 4.79 Å². The predicted octanol–water partition coefficient (Wildman–Crippen LogP) is 1.64. The number of hydrogen-bond acceptors (Lipinski definition) is 4. The number of benzene rings is 1. The van der Waals surface area contributed by atoms with Crippen LogP contribution in [0.5, 0.6) is 5.75 Å². The summed E-state index contributed by atoms with van der Waals surface area (Å²) in [5, 5.41) is 3.38. The van der Waals surface area contributed by atoms with Crippen molar-refractivity contribution < 1.29 is 9.53 Å². The van der Waals surface area contributed by atoms with E-state index < -0.39 is 0 Å². The molecule has 1 N–H and O–H groups in total. The lowest BCUT2D eigenvalue weighted by Gasteiger charge is -2.29. The molecule has 0 amide bonds. The van der Waals surface area contributed by atoms with Gasteiger partial charge in [0.25, 0.3) is 0 Å². The van der Waals surface area contributed by atoms with Crippen molar-refractivity contribution in [3.63, 3.8) is 0 Å². The van der Waals surface area contributed by atoms with Crippen LogP contribution in [0.3, 0.4) is 0 Å². The van der Waals surface area contributed by atoms with Crippen molar-refractivity contribution in [2.75, 3.05) is 19.4 Å². The fraction of sp³-hybridized carbons (Fsp3) is 0.417. The molecular weight excluding hydrogens is 222 g/mol. The van der Waals surface area contributed by atoms with E-state index in [-0.39, 0.29) is 11.3 Å². The largest absolute Gasteiger partial charge is 0.496 e. The summed E-state index contributed by atoms with van der Waals surface area (Å²) in [4.78, 5) is 11.0. The van der Waals surface area contributed by atoms with Gasteiger partial charge in [-0.05, 0) is 6.07 Å². The second-order valence-electron chi connectivity index (χ2n) is 3.65. The first-order chi connectivity index (χ1) is 7.86. The van der Waals surface area contributed by atoms with E-state index >= 15 is 0 Å². The summed E-state index contributed by atoms with van der Waals surface area (Å²) < 4.78 is 5.33. The first-order valence-electron chi connectivity index (χ1n) is 5.30. The van der Waals surface area contributed by atoms with Crippen molar-refractivity contribution in [1.29, 1.82) is 0 Å². The Labute approximate surface area is 99.6 Å². The number of para-hydroxylation sites is 1. The van der Waals surface area contributed by atoms with Crippen molar-refractivity contribution in [2.45, 2.75) is 11.3 Å². The van der Waals surface area contributed by atoms with E-state index in [0.717, 1.165) is 29.9 Å². The van der Waals surface area contributed by atoms with Gasteiger partial charge in [0.2, 0.25) is 0 Å². The van der Waals surface area contributed by atoms with E-state index in [1.54, 1.807) is 18.9 Å². The summed E-state index contributed by atoms with van der Waals surface area (Å²) in [5.74, 6) is 1.88. The minimum atomic E-state index is -0.116. The number of rotatable bonds is 3. The number of hydrogen-bond donors (Lipinski definition) is 1. The third-order valence-electron chi connectivity index (χ3n) is 2.70. The Morgan fingerprint density at radius 1 is 1.50 bits per heavy atom. The van der Waals surface area contributed by atoms with Crippen LogP contribution in [0.15, 0.2) is 24.3 Å². The fourth-order valence-corrected chi connectivity index (χ4v) is 3.16. The van der Waals surface area contributed by atoms with Gasteiger partial charge in [-0.1, -0.05) is 18.2 Å². The van der Waals surface area contributed by atoms with Crippen LogP contribution in [-0.4, -0.2) is 31.7 Å². The van der Waals surface area contributed by atoms with E-state index in [4.69, 9.17) is 4.74 Å². The van der Waals surface area contributed by atoms with Gasteiger partial charge in [-0.3, -0.25) is 0 Å². The SMILES string of the molecule is COc1ccccc1C1SCCNC1C=O. The van der Waals surface area contributed by atoms with Gasteiger partial charge >= 0.3 is 0 Å². The Hall–Kier alpha value is -1.00. The molecule has 1 fully saturated rings. The Morgan fingerprint density at radius 2 is 2.31 bits per heavy atom. The molecule has 4 heteroatoms. The molecule has 1 heterocycles. The first kappa shape index (κ1) is 11.5. The number of ether oxygens (including phenoxy) is 1. The quantitative estimate of drug-likeness (QED) is 0.811. The van der Waals surface area contributed by atoms with Crippen molar-refractivity contribution >= 4 is 18.0 Å². The second kappa shape index (κ2) is 5.37. The Kier molecular flexibility index (Phi) is 3.85. The average Bonchev–Trinajstić information content (AvgIpc) is 2.38.